The summed E-state index contributed by atoms with van der Waals surface area (Å²) in [7, 11) is 0. The third-order valence-electron chi connectivity index (χ3n) is 2.12. The van der Waals surface area contributed by atoms with Crippen molar-refractivity contribution in [3.05, 3.63) is 29.0 Å². The number of hydrogen-bond donors (Lipinski definition) is 1. The molecule has 0 saturated heterocycles. The lowest BCUT2D eigenvalue weighted by atomic mass is 10.1. The number of pyridine rings is 1. The fourth-order valence-electron chi connectivity index (χ4n) is 1.41. The highest BCUT2D eigenvalue weighted by molar-refractivity contribution is 6.31. The summed E-state index contributed by atoms with van der Waals surface area (Å²) < 4.78 is 5.42. The fraction of sp³-hybridized carbons (Fsp3) is 0.545. The van der Waals surface area contributed by atoms with E-state index in [0.717, 1.165) is 12.1 Å². The van der Waals surface area contributed by atoms with Gasteiger partial charge in [-0.1, -0.05) is 18.5 Å². The molecule has 0 aromatic carbocycles. The Kier molecular flexibility index (Phi) is 5.61. The highest BCUT2D eigenvalue weighted by Gasteiger charge is 2.13. The maximum atomic E-state index is 6.08. The molecule has 0 amide bonds. The van der Waals surface area contributed by atoms with Gasteiger partial charge in [0, 0.05) is 19.0 Å². The van der Waals surface area contributed by atoms with Gasteiger partial charge in [0.2, 0.25) is 0 Å². The molecule has 1 aromatic rings. The minimum atomic E-state index is 0.144. The van der Waals surface area contributed by atoms with Gasteiger partial charge in [-0.2, -0.15) is 0 Å². The first-order chi connectivity index (χ1) is 7.29. The number of rotatable bonds is 6. The van der Waals surface area contributed by atoms with Crippen LogP contribution >= 0.6 is 11.6 Å². The molecule has 0 aliphatic rings. The van der Waals surface area contributed by atoms with Gasteiger partial charge in [0.15, 0.2) is 0 Å². The molecule has 0 aliphatic carbocycles. The molecule has 4 heteroatoms. The van der Waals surface area contributed by atoms with Crippen LogP contribution in [0.5, 0.6) is 0 Å². The number of nitrogens with zero attached hydrogens (tertiary/aromatic N) is 1. The largest absolute Gasteiger partial charge is 0.380 e. The molecule has 0 aliphatic heterocycles. The zero-order valence-electron chi connectivity index (χ0n) is 9.16. The van der Waals surface area contributed by atoms with Crippen molar-refractivity contribution in [1.82, 2.24) is 10.3 Å². The number of aromatic nitrogens is 1. The Morgan fingerprint density at radius 2 is 2.33 bits per heavy atom. The van der Waals surface area contributed by atoms with E-state index >= 15 is 0 Å². The zero-order valence-corrected chi connectivity index (χ0v) is 9.92. The van der Waals surface area contributed by atoms with Crippen LogP contribution in [0.3, 0.4) is 0 Å². The Morgan fingerprint density at radius 3 is 2.93 bits per heavy atom. The van der Waals surface area contributed by atoms with Gasteiger partial charge in [0.25, 0.3) is 0 Å². The number of ether oxygens (including phenoxy) is 1. The van der Waals surface area contributed by atoms with E-state index in [0.29, 0.717) is 18.2 Å². The van der Waals surface area contributed by atoms with Crippen molar-refractivity contribution in [2.75, 3.05) is 19.8 Å². The molecule has 1 unspecified atom stereocenters. The van der Waals surface area contributed by atoms with Crippen LogP contribution < -0.4 is 5.32 Å². The lowest BCUT2D eigenvalue weighted by Crippen LogP contribution is -2.25. The van der Waals surface area contributed by atoms with Gasteiger partial charge >= 0.3 is 0 Å². The van der Waals surface area contributed by atoms with Crippen molar-refractivity contribution in [1.29, 1.82) is 0 Å². The second-order valence-electron chi connectivity index (χ2n) is 3.17. The van der Waals surface area contributed by atoms with Gasteiger partial charge in [-0.05, 0) is 25.1 Å². The van der Waals surface area contributed by atoms with Crippen molar-refractivity contribution in [3.63, 3.8) is 0 Å². The third-order valence-corrected chi connectivity index (χ3v) is 2.43. The van der Waals surface area contributed by atoms with Crippen LogP contribution in [0.2, 0.25) is 5.02 Å². The van der Waals surface area contributed by atoms with Crippen molar-refractivity contribution >= 4 is 11.6 Å². The number of hydrogen-bond acceptors (Lipinski definition) is 3. The molecule has 15 heavy (non-hydrogen) atoms. The lowest BCUT2D eigenvalue weighted by molar-refractivity contribution is 0.123. The van der Waals surface area contributed by atoms with E-state index in [1.165, 1.54) is 0 Å². The molecule has 0 radical (unpaired) electrons. The van der Waals surface area contributed by atoms with Crippen LogP contribution in [0.15, 0.2) is 18.5 Å². The minimum absolute atomic E-state index is 0.144. The Balaban J connectivity index is 2.74. The first-order valence-electron chi connectivity index (χ1n) is 5.20. The van der Waals surface area contributed by atoms with Gasteiger partial charge in [0.05, 0.1) is 17.7 Å². The molecule has 1 N–H and O–H groups in total. The van der Waals surface area contributed by atoms with Crippen molar-refractivity contribution in [2.45, 2.75) is 19.9 Å². The average molecular weight is 229 g/mol. The standard InChI is InChI=1S/C11H17ClN2O/c1-3-14-11(8-15-4-2)9-5-6-13-7-10(9)12/h5-7,11,14H,3-4,8H2,1-2H3. The van der Waals surface area contributed by atoms with Crippen LogP contribution in [-0.2, 0) is 4.74 Å². The van der Waals surface area contributed by atoms with E-state index in [1.54, 1.807) is 12.4 Å². The van der Waals surface area contributed by atoms with Crippen molar-refractivity contribution in [2.24, 2.45) is 0 Å². The second kappa shape index (κ2) is 6.77. The van der Waals surface area contributed by atoms with Gasteiger partial charge in [-0.25, -0.2) is 0 Å². The van der Waals surface area contributed by atoms with Crippen LogP contribution in [0.25, 0.3) is 0 Å². The maximum absolute atomic E-state index is 6.08. The summed E-state index contributed by atoms with van der Waals surface area (Å²) >= 11 is 6.08. The molecular weight excluding hydrogens is 212 g/mol. The van der Waals surface area contributed by atoms with E-state index in [-0.39, 0.29) is 6.04 Å². The SMILES string of the molecule is CCNC(COCC)c1ccncc1Cl. The highest BCUT2D eigenvalue weighted by atomic mass is 35.5. The van der Waals surface area contributed by atoms with Crippen LogP contribution in [-0.4, -0.2) is 24.7 Å². The lowest BCUT2D eigenvalue weighted by Gasteiger charge is -2.18. The first kappa shape index (κ1) is 12.4. The summed E-state index contributed by atoms with van der Waals surface area (Å²) in [5.74, 6) is 0. The molecule has 1 aromatic heterocycles. The molecule has 3 nitrogen and oxygen atoms in total. The summed E-state index contributed by atoms with van der Waals surface area (Å²) in [6, 6.07) is 2.07. The van der Waals surface area contributed by atoms with E-state index in [4.69, 9.17) is 16.3 Å². The highest BCUT2D eigenvalue weighted by Crippen LogP contribution is 2.21. The quantitative estimate of drug-likeness (QED) is 0.812. The van der Waals surface area contributed by atoms with Crippen LogP contribution in [0.4, 0.5) is 0 Å². The monoisotopic (exact) mass is 228 g/mol. The summed E-state index contributed by atoms with van der Waals surface area (Å²) in [6.07, 6.45) is 3.41. The fourth-order valence-corrected chi connectivity index (χ4v) is 1.66. The Bertz CT molecular complexity index is 294. The molecule has 0 fully saturated rings. The van der Waals surface area contributed by atoms with Crippen molar-refractivity contribution < 1.29 is 4.74 Å². The third kappa shape index (κ3) is 3.78. The van der Waals surface area contributed by atoms with Gasteiger partial charge in [0.1, 0.15) is 0 Å². The maximum Gasteiger partial charge on any atom is 0.0661 e. The number of nitrogens with one attached hydrogen (secondary N) is 1. The molecule has 84 valence electrons. The summed E-state index contributed by atoms with van der Waals surface area (Å²) in [4.78, 5) is 3.97. The summed E-state index contributed by atoms with van der Waals surface area (Å²) in [5.41, 5.74) is 1.04. The van der Waals surface area contributed by atoms with Crippen molar-refractivity contribution in [3.8, 4) is 0 Å². The molecule has 0 spiro atoms. The Hall–Kier alpha value is -0.640. The molecule has 0 saturated carbocycles. The second-order valence-corrected chi connectivity index (χ2v) is 3.57. The van der Waals surface area contributed by atoms with E-state index < -0.39 is 0 Å². The summed E-state index contributed by atoms with van der Waals surface area (Å²) in [6.45, 7) is 6.28. The zero-order chi connectivity index (χ0) is 11.1. The number of halogens is 1. The topological polar surface area (TPSA) is 34.1 Å². The normalized spacial score (nSPS) is 12.7. The van der Waals surface area contributed by atoms with Crippen LogP contribution in [0, 0.1) is 0 Å². The van der Waals surface area contributed by atoms with Gasteiger partial charge < -0.3 is 10.1 Å². The molecule has 1 atom stereocenters. The van der Waals surface area contributed by atoms with E-state index in [1.807, 2.05) is 13.0 Å². The van der Waals surface area contributed by atoms with Gasteiger partial charge in [-0.3, -0.25) is 4.98 Å². The summed E-state index contributed by atoms with van der Waals surface area (Å²) in [5, 5.41) is 4.02. The molecular formula is C11H17ClN2O. The van der Waals surface area contributed by atoms with E-state index in [9.17, 15) is 0 Å². The van der Waals surface area contributed by atoms with Crippen LogP contribution in [0.1, 0.15) is 25.5 Å². The molecule has 1 heterocycles. The molecule has 1 rings (SSSR count). The number of likely N-dealkylation sites (N-methyl/N-ethyl adjacent to an activating group) is 1. The van der Waals surface area contributed by atoms with Gasteiger partial charge in [-0.15, -0.1) is 0 Å². The smallest absolute Gasteiger partial charge is 0.0661 e. The molecule has 0 bridgehead atoms. The predicted molar refractivity (Wildman–Crippen MR) is 62.2 cm³/mol. The Morgan fingerprint density at radius 1 is 1.53 bits per heavy atom. The average Bonchev–Trinajstić information content (AvgIpc) is 2.25. The minimum Gasteiger partial charge on any atom is -0.380 e. The Labute approximate surface area is 95.8 Å². The first-order valence-corrected chi connectivity index (χ1v) is 5.57. The van der Waals surface area contributed by atoms with E-state index in [2.05, 4.69) is 17.2 Å². The predicted octanol–water partition coefficient (Wildman–Crippen LogP) is 2.42.